The van der Waals surface area contributed by atoms with Gasteiger partial charge in [-0.3, -0.25) is 4.90 Å². The highest BCUT2D eigenvalue weighted by Crippen LogP contribution is 2.30. The molecule has 0 aliphatic carbocycles. The van der Waals surface area contributed by atoms with Crippen molar-refractivity contribution in [3.63, 3.8) is 0 Å². The fourth-order valence-electron chi connectivity index (χ4n) is 2.59. The van der Waals surface area contributed by atoms with E-state index in [1.165, 1.54) is 0 Å². The van der Waals surface area contributed by atoms with Gasteiger partial charge in [0.1, 0.15) is 5.75 Å². The van der Waals surface area contributed by atoms with Crippen LogP contribution in [0, 0.1) is 5.92 Å². The minimum absolute atomic E-state index is 0.0491. The third kappa shape index (κ3) is 4.43. The van der Waals surface area contributed by atoms with Crippen LogP contribution in [0.3, 0.4) is 0 Å². The molecule has 0 bridgehead atoms. The molecule has 3 nitrogen and oxygen atoms in total. The summed E-state index contributed by atoms with van der Waals surface area (Å²) < 4.78 is 29.2. The van der Waals surface area contributed by atoms with Crippen molar-refractivity contribution in [1.82, 2.24) is 4.90 Å². The second-order valence-corrected chi connectivity index (χ2v) is 5.76. The summed E-state index contributed by atoms with van der Waals surface area (Å²) in [5.41, 5.74) is 7.96. The molecule has 1 aliphatic heterocycles. The SMILES string of the molecule is CC(C)CN1CC=C(c2ccc(N)c(OC(F)F)c2)CC1. The van der Waals surface area contributed by atoms with E-state index in [2.05, 4.69) is 29.6 Å². The number of anilines is 1. The van der Waals surface area contributed by atoms with Crippen LogP contribution in [0.15, 0.2) is 24.3 Å². The lowest BCUT2D eigenvalue weighted by Gasteiger charge is -2.28. The maximum Gasteiger partial charge on any atom is 0.387 e. The van der Waals surface area contributed by atoms with Crippen LogP contribution in [-0.2, 0) is 0 Å². The summed E-state index contributed by atoms with van der Waals surface area (Å²) in [6.07, 6.45) is 3.06. The van der Waals surface area contributed by atoms with Gasteiger partial charge in [-0.2, -0.15) is 8.78 Å². The molecule has 0 amide bonds. The van der Waals surface area contributed by atoms with E-state index < -0.39 is 6.61 Å². The standard InChI is InChI=1S/C16H22F2N2O/c1-11(2)10-20-7-5-12(6-8-20)13-3-4-14(19)15(9-13)21-16(17)18/h3-5,9,11,16H,6-8,10,19H2,1-2H3. The van der Waals surface area contributed by atoms with Crippen molar-refractivity contribution in [3.05, 3.63) is 29.8 Å². The van der Waals surface area contributed by atoms with Gasteiger partial charge >= 0.3 is 6.61 Å². The summed E-state index contributed by atoms with van der Waals surface area (Å²) in [4.78, 5) is 2.39. The molecule has 0 atom stereocenters. The van der Waals surface area contributed by atoms with E-state index in [0.717, 1.165) is 37.2 Å². The van der Waals surface area contributed by atoms with Crippen molar-refractivity contribution < 1.29 is 13.5 Å². The summed E-state index contributed by atoms with van der Waals surface area (Å²) in [6, 6.07) is 5.08. The minimum Gasteiger partial charge on any atom is -0.433 e. The van der Waals surface area contributed by atoms with Crippen molar-refractivity contribution in [1.29, 1.82) is 0 Å². The molecule has 5 heteroatoms. The monoisotopic (exact) mass is 296 g/mol. The average molecular weight is 296 g/mol. The summed E-state index contributed by atoms with van der Waals surface area (Å²) >= 11 is 0. The molecule has 0 unspecified atom stereocenters. The Bertz CT molecular complexity index is 515. The van der Waals surface area contributed by atoms with E-state index in [4.69, 9.17) is 5.73 Å². The van der Waals surface area contributed by atoms with Crippen molar-refractivity contribution in [3.8, 4) is 5.75 Å². The quantitative estimate of drug-likeness (QED) is 0.844. The molecule has 116 valence electrons. The number of halogens is 2. The number of hydrogen-bond acceptors (Lipinski definition) is 3. The van der Waals surface area contributed by atoms with E-state index in [1.54, 1.807) is 12.1 Å². The van der Waals surface area contributed by atoms with E-state index in [9.17, 15) is 8.78 Å². The average Bonchev–Trinajstić information content (AvgIpc) is 2.41. The molecule has 0 fully saturated rings. The predicted octanol–water partition coefficient (Wildman–Crippen LogP) is 3.62. The Morgan fingerprint density at radius 2 is 2.10 bits per heavy atom. The molecule has 1 aliphatic rings. The Kier molecular flexibility index (Phi) is 5.17. The van der Waals surface area contributed by atoms with Crippen molar-refractivity contribution in [2.45, 2.75) is 26.9 Å². The molecular weight excluding hydrogens is 274 g/mol. The fourth-order valence-corrected chi connectivity index (χ4v) is 2.59. The van der Waals surface area contributed by atoms with E-state index in [-0.39, 0.29) is 11.4 Å². The Morgan fingerprint density at radius 1 is 1.33 bits per heavy atom. The summed E-state index contributed by atoms with van der Waals surface area (Å²) in [7, 11) is 0. The Labute approximate surface area is 124 Å². The minimum atomic E-state index is -2.86. The topological polar surface area (TPSA) is 38.5 Å². The Balaban J connectivity index is 2.10. The molecule has 2 rings (SSSR count). The lowest BCUT2D eigenvalue weighted by molar-refractivity contribution is -0.0493. The maximum absolute atomic E-state index is 12.3. The van der Waals surface area contributed by atoms with Gasteiger partial charge in [0.2, 0.25) is 0 Å². The van der Waals surface area contributed by atoms with Crippen molar-refractivity contribution in [2.24, 2.45) is 5.92 Å². The van der Waals surface area contributed by atoms with Crippen LogP contribution in [-0.4, -0.2) is 31.1 Å². The number of alkyl halides is 2. The Hall–Kier alpha value is -1.62. The second kappa shape index (κ2) is 6.89. The van der Waals surface area contributed by atoms with E-state index in [0.29, 0.717) is 5.92 Å². The zero-order chi connectivity index (χ0) is 15.4. The number of ether oxygens (including phenoxy) is 1. The zero-order valence-corrected chi connectivity index (χ0v) is 12.5. The number of nitrogen functional groups attached to an aromatic ring is 1. The summed E-state index contributed by atoms with van der Waals surface area (Å²) in [6.45, 7) is 4.50. The number of nitrogens with two attached hydrogens (primary N) is 1. The molecule has 1 aromatic rings. The molecule has 21 heavy (non-hydrogen) atoms. The smallest absolute Gasteiger partial charge is 0.387 e. The number of rotatable bonds is 5. The van der Waals surface area contributed by atoms with Crippen LogP contribution in [0.2, 0.25) is 0 Å². The van der Waals surface area contributed by atoms with Crippen LogP contribution < -0.4 is 10.5 Å². The first kappa shape index (κ1) is 15.8. The van der Waals surface area contributed by atoms with Gasteiger partial charge in [0.05, 0.1) is 5.69 Å². The van der Waals surface area contributed by atoms with Crippen LogP contribution in [0.1, 0.15) is 25.8 Å². The van der Waals surface area contributed by atoms with Gasteiger partial charge in [0.15, 0.2) is 0 Å². The summed E-state index contributed by atoms with van der Waals surface area (Å²) in [5.74, 6) is 0.690. The first-order valence-corrected chi connectivity index (χ1v) is 7.22. The highest BCUT2D eigenvalue weighted by atomic mass is 19.3. The third-order valence-electron chi connectivity index (χ3n) is 3.52. The highest BCUT2D eigenvalue weighted by Gasteiger charge is 2.15. The molecule has 2 N–H and O–H groups in total. The van der Waals surface area contributed by atoms with Gasteiger partial charge in [-0.25, -0.2) is 0 Å². The normalized spacial score (nSPS) is 16.4. The molecule has 0 spiro atoms. The summed E-state index contributed by atoms with van der Waals surface area (Å²) in [5, 5.41) is 0. The lowest BCUT2D eigenvalue weighted by atomic mass is 9.98. The van der Waals surface area contributed by atoms with Gasteiger partial charge < -0.3 is 10.5 Å². The van der Waals surface area contributed by atoms with Crippen LogP contribution in [0.4, 0.5) is 14.5 Å². The van der Waals surface area contributed by atoms with E-state index >= 15 is 0 Å². The zero-order valence-electron chi connectivity index (χ0n) is 12.5. The third-order valence-corrected chi connectivity index (χ3v) is 3.52. The van der Waals surface area contributed by atoms with Crippen LogP contribution in [0.25, 0.3) is 5.57 Å². The molecule has 0 aromatic heterocycles. The highest BCUT2D eigenvalue weighted by molar-refractivity contribution is 5.70. The van der Waals surface area contributed by atoms with Crippen LogP contribution >= 0.6 is 0 Å². The molecule has 0 radical (unpaired) electrons. The molecule has 0 saturated heterocycles. The van der Waals surface area contributed by atoms with E-state index in [1.807, 2.05) is 6.07 Å². The first-order chi connectivity index (χ1) is 9.95. The molecular formula is C16H22F2N2O. The number of benzene rings is 1. The van der Waals surface area contributed by atoms with Crippen LogP contribution in [0.5, 0.6) is 5.75 Å². The van der Waals surface area contributed by atoms with Gasteiger partial charge in [0, 0.05) is 19.6 Å². The van der Waals surface area contributed by atoms with Gasteiger partial charge in [-0.15, -0.1) is 0 Å². The molecule has 1 heterocycles. The Morgan fingerprint density at radius 3 is 2.67 bits per heavy atom. The second-order valence-electron chi connectivity index (χ2n) is 5.76. The fraction of sp³-hybridized carbons (Fsp3) is 0.500. The molecule has 0 saturated carbocycles. The van der Waals surface area contributed by atoms with Gasteiger partial charge in [-0.1, -0.05) is 26.0 Å². The van der Waals surface area contributed by atoms with Gasteiger partial charge in [-0.05, 0) is 35.6 Å². The molecule has 1 aromatic carbocycles. The predicted molar refractivity (Wildman–Crippen MR) is 81.4 cm³/mol. The maximum atomic E-state index is 12.3. The number of hydrogen-bond donors (Lipinski definition) is 1. The van der Waals surface area contributed by atoms with Crippen molar-refractivity contribution >= 4 is 11.3 Å². The first-order valence-electron chi connectivity index (χ1n) is 7.22. The number of nitrogens with zero attached hydrogens (tertiary/aromatic N) is 1. The lowest BCUT2D eigenvalue weighted by Crippen LogP contribution is -2.31. The van der Waals surface area contributed by atoms with Gasteiger partial charge in [0.25, 0.3) is 0 Å². The van der Waals surface area contributed by atoms with Crippen molar-refractivity contribution in [2.75, 3.05) is 25.4 Å². The largest absolute Gasteiger partial charge is 0.433 e.